The summed E-state index contributed by atoms with van der Waals surface area (Å²) in [4.78, 5) is 12.6. The van der Waals surface area contributed by atoms with Gasteiger partial charge in [0.15, 0.2) is 5.82 Å². The minimum atomic E-state index is -0.413. The number of ether oxygens (including phenoxy) is 1. The summed E-state index contributed by atoms with van der Waals surface area (Å²) in [7, 11) is 0. The Bertz CT molecular complexity index is 1480. The predicted molar refractivity (Wildman–Crippen MR) is 133 cm³/mol. The summed E-state index contributed by atoms with van der Waals surface area (Å²) in [6.45, 7) is 4.93. The molecule has 0 aliphatic rings. The maximum atomic E-state index is 14.7. The van der Waals surface area contributed by atoms with Crippen molar-refractivity contribution in [2.24, 2.45) is 0 Å². The second kappa shape index (κ2) is 9.59. The van der Waals surface area contributed by atoms with Crippen LogP contribution < -0.4 is 15.4 Å². The minimum Gasteiger partial charge on any atom is -0.424 e. The van der Waals surface area contributed by atoms with Gasteiger partial charge in [0.25, 0.3) is 0 Å². The fraction of sp³-hybridized carbons (Fsp3) is 0.167. The Kier molecular flexibility index (Phi) is 6.19. The van der Waals surface area contributed by atoms with Gasteiger partial charge in [-0.05, 0) is 38.1 Å². The van der Waals surface area contributed by atoms with Crippen LogP contribution in [0.5, 0.6) is 11.8 Å². The first kappa shape index (κ1) is 22.6. The molecule has 11 heteroatoms. The third-order valence-corrected chi connectivity index (χ3v) is 5.51. The van der Waals surface area contributed by atoms with Crippen molar-refractivity contribution in [2.75, 3.05) is 10.6 Å². The average molecular weight is 493 g/mol. The number of aromatic amines is 1. The Morgan fingerprint density at radius 1 is 1.11 bits per heavy atom. The molecule has 0 saturated heterocycles. The lowest BCUT2D eigenvalue weighted by atomic mass is 10.2. The van der Waals surface area contributed by atoms with E-state index in [1.54, 1.807) is 12.1 Å². The van der Waals surface area contributed by atoms with Crippen molar-refractivity contribution in [3.63, 3.8) is 0 Å². The number of hydrogen-bond donors (Lipinski definition) is 3. The average Bonchev–Trinajstić information content (AvgIpc) is 3.42. The lowest BCUT2D eigenvalue weighted by Crippen LogP contribution is -2.08. The molecule has 35 heavy (non-hydrogen) atoms. The molecule has 0 bridgehead atoms. The van der Waals surface area contributed by atoms with E-state index < -0.39 is 5.82 Å². The first-order chi connectivity index (χ1) is 17.0. The SMILES string of the molecule is CCn1c(NCc2ccc(Oc3ncc(Cl)cn3)cc2F)nc2ccc(Nc3cc(C)[nH]n3)cc21. The van der Waals surface area contributed by atoms with Crippen LogP contribution in [-0.4, -0.2) is 29.7 Å². The Morgan fingerprint density at radius 3 is 2.66 bits per heavy atom. The van der Waals surface area contributed by atoms with E-state index in [4.69, 9.17) is 16.3 Å². The molecule has 9 nitrogen and oxygen atoms in total. The first-order valence-electron chi connectivity index (χ1n) is 11.0. The van der Waals surface area contributed by atoms with Crippen LogP contribution in [0.1, 0.15) is 18.2 Å². The summed E-state index contributed by atoms with van der Waals surface area (Å²) < 4.78 is 22.3. The smallest absolute Gasteiger partial charge is 0.321 e. The maximum Gasteiger partial charge on any atom is 0.321 e. The highest BCUT2D eigenvalue weighted by Crippen LogP contribution is 2.26. The number of anilines is 3. The van der Waals surface area contributed by atoms with Crippen molar-refractivity contribution in [1.82, 2.24) is 29.7 Å². The summed E-state index contributed by atoms with van der Waals surface area (Å²) in [5, 5.41) is 14.1. The summed E-state index contributed by atoms with van der Waals surface area (Å²) in [5.74, 6) is 1.28. The van der Waals surface area contributed by atoms with Gasteiger partial charge in [-0.25, -0.2) is 19.3 Å². The molecule has 0 atom stereocenters. The number of aromatic nitrogens is 6. The highest BCUT2D eigenvalue weighted by atomic mass is 35.5. The van der Waals surface area contributed by atoms with E-state index in [1.165, 1.54) is 18.5 Å². The second-order valence-electron chi connectivity index (χ2n) is 7.84. The van der Waals surface area contributed by atoms with Gasteiger partial charge in [0.1, 0.15) is 11.6 Å². The fourth-order valence-electron chi connectivity index (χ4n) is 3.65. The number of benzene rings is 2. The zero-order valence-corrected chi connectivity index (χ0v) is 19.8. The molecule has 0 aliphatic heterocycles. The molecule has 2 aromatic carbocycles. The van der Waals surface area contributed by atoms with E-state index in [0.29, 0.717) is 28.8 Å². The molecule has 0 amide bonds. The molecule has 178 valence electrons. The van der Waals surface area contributed by atoms with Gasteiger partial charge in [-0.15, -0.1) is 0 Å². The van der Waals surface area contributed by atoms with Gasteiger partial charge in [0, 0.05) is 42.2 Å². The van der Waals surface area contributed by atoms with Crippen molar-refractivity contribution >= 4 is 40.1 Å². The molecule has 3 aromatic heterocycles. The van der Waals surface area contributed by atoms with E-state index in [-0.39, 0.29) is 12.6 Å². The lowest BCUT2D eigenvalue weighted by Gasteiger charge is -2.11. The Morgan fingerprint density at radius 2 is 1.94 bits per heavy atom. The van der Waals surface area contributed by atoms with Crippen LogP contribution in [0.15, 0.2) is 54.9 Å². The van der Waals surface area contributed by atoms with E-state index >= 15 is 0 Å². The maximum absolute atomic E-state index is 14.7. The van der Waals surface area contributed by atoms with Gasteiger partial charge in [0.05, 0.1) is 28.4 Å². The van der Waals surface area contributed by atoms with E-state index in [9.17, 15) is 4.39 Å². The molecular weight excluding hydrogens is 471 g/mol. The van der Waals surface area contributed by atoms with Crippen molar-refractivity contribution < 1.29 is 9.13 Å². The molecule has 5 aromatic rings. The van der Waals surface area contributed by atoms with Crippen molar-refractivity contribution in [1.29, 1.82) is 0 Å². The number of fused-ring (bicyclic) bond motifs is 1. The summed E-state index contributed by atoms with van der Waals surface area (Å²) in [5.41, 5.74) is 4.14. The monoisotopic (exact) mass is 492 g/mol. The number of rotatable bonds is 8. The molecule has 0 saturated carbocycles. The van der Waals surface area contributed by atoms with Crippen molar-refractivity contribution in [2.45, 2.75) is 26.9 Å². The molecule has 5 rings (SSSR count). The van der Waals surface area contributed by atoms with Crippen LogP contribution >= 0.6 is 11.6 Å². The van der Waals surface area contributed by atoms with Gasteiger partial charge in [0.2, 0.25) is 5.95 Å². The largest absolute Gasteiger partial charge is 0.424 e. The third-order valence-electron chi connectivity index (χ3n) is 5.31. The predicted octanol–water partition coefficient (Wildman–Crippen LogP) is 5.82. The molecule has 3 N–H and O–H groups in total. The molecule has 0 aliphatic carbocycles. The van der Waals surface area contributed by atoms with Gasteiger partial charge in [-0.2, -0.15) is 5.10 Å². The second-order valence-corrected chi connectivity index (χ2v) is 8.27. The van der Waals surface area contributed by atoms with Crippen molar-refractivity contribution in [3.8, 4) is 11.8 Å². The molecular formula is C24H22ClFN8O. The number of aryl methyl sites for hydroxylation is 2. The van der Waals surface area contributed by atoms with E-state index in [1.807, 2.05) is 42.7 Å². The van der Waals surface area contributed by atoms with Crippen LogP contribution in [0.2, 0.25) is 5.02 Å². The minimum absolute atomic E-state index is 0.0904. The summed E-state index contributed by atoms with van der Waals surface area (Å²) in [6, 6.07) is 12.6. The van der Waals surface area contributed by atoms with Gasteiger partial charge < -0.3 is 19.9 Å². The number of imidazole rings is 1. The zero-order chi connectivity index (χ0) is 24.4. The Balaban J connectivity index is 1.31. The Labute approximate surface area is 205 Å². The number of H-pyrrole nitrogens is 1. The van der Waals surface area contributed by atoms with E-state index in [2.05, 4.69) is 35.8 Å². The fourth-order valence-corrected chi connectivity index (χ4v) is 3.75. The number of nitrogens with one attached hydrogen (secondary N) is 3. The number of nitrogens with zero attached hydrogens (tertiary/aromatic N) is 5. The topological polar surface area (TPSA) is 106 Å². The van der Waals surface area contributed by atoms with Gasteiger partial charge >= 0.3 is 6.01 Å². The first-order valence-corrected chi connectivity index (χ1v) is 11.3. The lowest BCUT2D eigenvalue weighted by molar-refractivity contribution is 0.437. The van der Waals surface area contributed by atoms with Gasteiger partial charge in [-0.3, -0.25) is 5.10 Å². The highest BCUT2D eigenvalue weighted by Gasteiger charge is 2.13. The van der Waals surface area contributed by atoms with Crippen LogP contribution in [-0.2, 0) is 13.1 Å². The molecule has 3 heterocycles. The molecule has 0 radical (unpaired) electrons. The van der Waals surface area contributed by atoms with E-state index in [0.717, 1.165) is 28.2 Å². The Hall–Kier alpha value is -4.18. The van der Waals surface area contributed by atoms with Crippen LogP contribution in [0.25, 0.3) is 11.0 Å². The molecule has 0 fully saturated rings. The normalized spacial score (nSPS) is 11.1. The standard InChI is InChI=1S/C24H22ClFN8O/c1-3-34-21-9-17(30-22-8-14(2)32-33-22)5-7-20(21)31-23(34)27-11-15-4-6-18(10-19(15)26)35-24-28-12-16(25)13-29-24/h4-10,12-13H,3,11H2,1-2H3,(H,27,31)(H2,30,32,33). The summed E-state index contributed by atoms with van der Waals surface area (Å²) >= 11 is 5.77. The van der Waals surface area contributed by atoms with Crippen LogP contribution in [0.4, 0.5) is 21.8 Å². The third kappa shape index (κ3) is 5.02. The van der Waals surface area contributed by atoms with Crippen LogP contribution in [0.3, 0.4) is 0 Å². The quantitative estimate of drug-likeness (QED) is 0.250. The van der Waals surface area contributed by atoms with Gasteiger partial charge in [-0.1, -0.05) is 17.7 Å². The highest BCUT2D eigenvalue weighted by molar-refractivity contribution is 6.30. The number of halogens is 2. The summed E-state index contributed by atoms with van der Waals surface area (Å²) in [6.07, 6.45) is 2.82. The number of hydrogen-bond acceptors (Lipinski definition) is 7. The molecule has 0 unspecified atom stereocenters. The molecule has 0 spiro atoms. The van der Waals surface area contributed by atoms with Crippen LogP contribution in [0, 0.1) is 12.7 Å². The zero-order valence-electron chi connectivity index (χ0n) is 19.0. The van der Waals surface area contributed by atoms with Crippen molar-refractivity contribution in [3.05, 3.63) is 77.0 Å².